The summed E-state index contributed by atoms with van der Waals surface area (Å²) in [7, 11) is 0. The first-order valence-corrected chi connectivity index (χ1v) is 8.38. The van der Waals surface area contributed by atoms with E-state index in [9.17, 15) is 4.79 Å². The van der Waals surface area contributed by atoms with Gasteiger partial charge in [0, 0.05) is 5.69 Å². The van der Waals surface area contributed by atoms with Crippen molar-refractivity contribution in [3.8, 4) is 0 Å². The summed E-state index contributed by atoms with van der Waals surface area (Å²) < 4.78 is 0. The van der Waals surface area contributed by atoms with Gasteiger partial charge in [-0.15, -0.1) is 0 Å². The molecule has 0 radical (unpaired) electrons. The third-order valence-corrected chi connectivity index (χ3v) is 4.17. The molecule has 3 nitrogen and oxygen atoms in total. The molecule has 0 aliphatic rings. The minimum atomic E-state index is -0.218. The van der Waals surface area contributed by atoms with Crippen LogP contribution in [0.5, 0.6) is 0 Å². The summed E-state index contributed by atoms with van der Waals surface area (Å²) in [6.45, 7) is 4.03. The van der Waals surface area contributed by atoms with E-state index < -0.39 is 0 Å². The Morgan fingerprint density at radius 3 is 1.88 bits per heavy atom. The maximum Gasteiger partial charge on any atom is 0.319 e. The minimum Gasteiger partial charge on any atom is -0.327 e. The Labute approximate surface area is 148 Å². The number of amides is 2. The van der Waals surface area contributed by atoms with E-state index in [4.69, 9.17) is 0 Å². The lowest BCUT2D eigenvalue weighted by Crippen LogP contribution is -2.33. The van der Waals surface area contributed by atoms with Gasteiger partial charge in [-0.05, 0) is 36.6 Å². The smallest absolute Gasteiger partial charge is 0.319 e. The average Bonchev–Trinajstić information content (AvgIpc) is 2.63. The molecule has 0 spiro atoms. The van der Waals surface area contributed by atoms with Crippen molar-refractivity contribution in [1.82, 2.24) is 5.32 Å². The van der Waals surface area contributed by atoms with Crippen LogP contribution in [0.4, 0.5) is 10.5 Å². The zero-order valence-electron chi connectivity index (χ0n) is 14.5. The average molecular weight is 330 g/mol. The number of carbonyl (C=O) groups is 1. The number of hydrogen-bond donors (Lipinski definition) is 2. The summed E-state index contributed by atoms with van der Waals surface area (Å²) in [5.41, 5.74) is 5.14. The third-order valence-electron chi connectivity index (χ3n) is 4.17. The predicted octanol–water partition coefficient (Wildman–Crippen LogP) is 5.21. The van der Waals surface area contributed by atoms with Crippen LogP contribution in [-0.2, 0) is 0 Å². The molecule has 126 valence electrons. The SMILES string of the molecule is Cc1ccc(NC(=O)NC(c2ccccc2)c2ccccc2)c(C)c1. The quantitative estimate of drug-likeness (QED) is 0.677. The van der Waals surface area contributed by atoms with E-state index in [-0.39, 0.29) is 12.1 Å². The molecule has 0 unspecified atom stereocenters. The number of hydrogen-bond acceptors (Lipinski definition) is 1. The molecule has 0 atom stereocenters. The largest absolute Gasteiger partial charge is 0.327 e. The fourth-order valence-electron chi connectivity index (χ4n) is 2.89. The van der Waals surface area contributed by atoms with Gasteiger partial charge in [-0.1, -0.05) is 78.4 Å². The number of nitrogens with one attached hydrogen (secondary N) is 2. The monoisotopic (exact) mass is 330 g/mol. The highest BCUT2D eigenvalue weighted by molar-refractivity contribution is 5.90. The van der Waals surface area contributed by atoms with Crippen LogP contribution in [0.25, 0.3) is 0 Å². The number of rotatable bonds is 4. The summed E-state index contributed by atoms with van der Waals surface area (Å²) in [4.78, 5) is 12.6. The Bertz CT molecular complexity index is 805. The molecule has 0 fully saturated rings. The number of carbonyl (C=O) groups excluding carboxylic acids is 1. The fourth-order valence-corrected chi connectivity index (χ4v) is 2.89. The number of urea groups is 1. The van der Waals surface area contributed by atoms with Gasteiger partial charge in [0.05, 0.1) is 6.04 Å². The lowest BCUT2D eigenvalue weighted by Gasteiger charge is -2.20. The maximum atomic E-state index is 12.6. The molecule has 3 aromatic rings. The number of aryl methyl sites for hydroxylation is 2. The van der Waals surface area contributed by atoms with Gasteiger partial charge in [0.15, 0.2) is 0 Å². The zero-order valence-corrected chi connectivity index (χ0v) is 14.5. The summed E-state index contributed by atoms with van der Waals surface area (Å²) in [5.74, 6) is 0. The molecule has 3 rings (SSSR count). The Morgan fingerprint density at radius 2 is 1.36 bits per heavy atom. The molecule has 0 aliphatic carbocycles. The second-order valence-corrected chi connectivity index (χ2v) is 6.17. The molecule has 0 aliphatic heterocycles. The molecule has 2 N–H and O–H groups in total. The van der Waals surface area contributed by atoms with Gasteiger partial charge in [-0.3, -0.25) is 0 Å². The highest BCUT2D eigenvalue weighted by Gasteiger charge is 2.16. The van der Waals surface area contributed by atoms with Gasteiger partial charge < -0.3 is 10.6 Å². The third kappa shape index (κ3) is 4.27. The van der Waals surface area contributed by atoms with Crippen molar-refractivity contribution in [2.24, 2.45) is 0 Å². The van der Waals surface area contributed by atoms with Gasteiger partial charge >= 0.3 is 6.03 Å². The summed E-state index contributed by atoms with van der Waals surface area (Å²) in [6, 6.07) is 25.5. The normalized spacial score (nSPS) is 10.5. The second kappa shape index (κ2) is 7.67. The van der Waals surface area contributed by atoms with Crippen LogP contribution in [0.15, 0.2) is 78.9 Å². The van der Waals surface area contributed by atoms with Crippen molar-refractivity contribution in [2.45, 2.75) is 19.9 Å². The standard InChI is InChI=1S/C22H22N2O/c1-16-13-14-20(17(2)15-16)23-22(25)24-21(18-9-5-3-6-10-18)19-11-7-4-8-12-19/h3-15,21H,1-2H3,(H2,23,24,25). The van der Waals surface area contributed by atoms with E-state index in [0.717, 1.165) is 22.4 Å². The minimum absolute atomic E-state index is 0.201. The zero-order chi connectivity index (χ0) is 17.6. The van der Waals surface area contributed by atoms with Gasteiger partial charge in [-0.2, -0.15) is 0 Å². The second-order valence-electron chi connectivity index (χ2n) is 6.17. The molecule has 0 saturated carbocycles. The van der Waals surface area contributed by atoms with E-state index in [0.29, 0.717) is 0 Å². The first kappa shape index (κ1) is 16.8. The van der Waals surface area contributed by atoms with Crippen molar-refractivity contribution < 1.29 is 4.79 Å². The Morgan fingerprint density at radius 1 is 0.800 bits per heavy atom. The molecular weight excluding hydrogens is 308 g/mol. The molecular formula is C22H22N2O. The van der Waals surface area contributed by atoms with Crippen LogP contribution in [0, 0.1) is 13.8 Å². The highest BCUT2D eigenvalue weighted by Crippen LogP contribution is 2.22. The molecule has 2 amide bonds. The van der Waals surface area contributed by atoms with Crippen molar-refractivity contribution in [1.29, 1.82) is 0 Å². The molecule has 0 bridgehead atoms. The maximum absolute atomic E-state index is 12.6. The lowest BCUT2D eigenvalue weighted by molar-refractivity contribution is 0.250. The molecule has 0 aromatic heterocycles. The molecule has 0 saturated heterocycles. The highest BCUT2D eigenvalue weighted by atomic mass is 16.2. The Balaban J connectivity index is 1.82. The lowest BCUT2D eigenvalue weighted by atomic mass is 9.99. The van der Waals surface area contributed by atoms with E-state index in [2.05, 4.69) is 16.7 Å². The van der Waals surface area contributed by atoms with Crippen molar-refractivity contribution in [3.63, 3.8) is 0 Å². The molecule has 0 heterocycles. The molecule has 3 heteroatoms. The first-order chi connectivity index (χ1) is 12.1. The van der Waals surface area contributed by atoms with Crippen LogP contribution >= 0.6 is 0 Å². The van der Waals surface area contributed by atoms with E-state index in [1.807, 2.05) is 86.6 Å². The van der Waals surface area contributed by atoms with Crippen LogP contribution in [0.2, 0.25) is 0 Å². The van der Waals surface area contributed by atoms with E-state index in [1.54, 1.807) is 0 Å². The summed E-state index contributed by atoms with van der Waals surface area (Å²) in [6.07, 6.45) is 0. The number of benzene rings is 3. The Hall–Kier alpha value is -3.07. The van der Waals surface area contributed by atoms with E-state index in [1.165, 1.54) is 5.56 Å². The Kier molecular flexibility index (Phi) is 5.14. The van der Waals surface area contributed by atoms with Crippen LogP contribution in [0.3, 0.4) is 0 Å². The fraction of sp³-hybridized carbons (Fsp3) is 0.136. The molecule has 3 aromatic carbocycles. The van der Waals surface area contributed by atoms with Gasteiger partial charge in [0.25, 0.3) is 0 Å². The topological polar surface area (TPSA) is 41.1 Å². The first-order valence-electron chi connectivity index (χ1n) is 8.38. The predicted molar refractivity (Wildman–Crippen MR) is 103 cm³/mol. The van der Waals surface area contributed by atoms with Crippen LogP contribution in [-0.4, -0.2) is 6.03 Å². The van der Waals surface area contributed by atoms with Gasteiger partial charge in [0.2, 0.25) is 0 Å². The van der Waals surface area contributed by atoms with Crippen molar-refractivity contribution >= 4 is 11.7 Å². The van der Waals surface area contributed by atoms with Gasteiger partial charge in [0.1, 0.15) is 0 Å². The molecule has 25 heavy (non-hydrogen) atoms. The van der Waals surface area contributed by atoms with Crippen molar-refractivity contribution in [3.05, 3.63) is 101 Å². The summed E-state index contributed by atoms with van der Waals surface area (Å²) >= 11 is 0. The van der Waals surface area contributed by atoms with Crippen LogP contribution in [0.1, 0.15) is 28.3 Å². The number of anilines is 1. The van der Waals surface area contributed by atoms with E-state index >= 15 is 0 Å². The summed E-state index contributed by atoms with van der Waals surface area (Å²) in [5, 5.41) is 6.05. The van der Waals surface area contributed by atoms with Gasteiger partial charge in [-0.25, -0.2) is 4.79 Å². The van der Waals surface area contributed by atoms with Crippen molar-refractivity contribution in [2.75, 3.05) is 5.32 Å². The van der Waals surface area contributed by atoms with Crippen LogP contribution < -0.4 is 10.6 Å².